The first kappa shape index (κ1) is 20.5. The van der Waals surface area contributed by atoms with Crippen molar-refractivity contribution in [1.82, 2.24) is 15.5 Å². The maximum absolute atomic E-state index is 13.1. The summed E-state index contributed by atoms with van der Waals surface area (Å²) in [6.07, 6.45) is 2.28. The molecule has 1 aromatic heterocycles. The lowest BCUT2D eigenvalue weighted by Gasteiger charge is -2.27. The number of nitrogens with one attached hydrogen (secondary N) is 2. The number of furan rings is 1. The predicted octanol–water partition coefficient (Wildman–Crippen LogP) is 2.70. The van der Waals surface area contributed by atoms with Gasteiger partial charge in [0.05, 0.1) is 12.8 Å². The Morgan fingerprint density at radius 3 is 2.80 bits per heavy atom. The van der Waals surface area contributed by atoms with Crippen LogP contribution in [0.2, 0.25) is 0 Å². The molecule has 2 aromatic rings. The van der Waals surface area contributed by atoms with Gasteiger partial charge in [-0.25, -0.2) is 0 Å². The fourth-order valence-corrected chi connectivity index (χ4v) is 5.36. The molecule has 4 rings (SSSR count). The Morgan fingerprint density at radius 1 is 1.27 bits per heavy atom. The highest BCUT2D eigenvalue weighted by molar-refractivity contribution is 7.99. The Balaban J connectivity index is 1.45. The molecule has 0 saturated carbocycles. The summed E-state index contributed by atoms with van der Waals surface area (Å²) < 4.78 is 5.25. The minimum Gasteiger partial charge on any atom is -0.467 e. The zero-order valence-corrected chi connectivity index (χ0v) is 17.8. The van der Waals surface area contributed by atoms with Crippen molar-refractivity contribution in [2.24, 2.45) is 5.92 Å². The minimum absolute atomic E-state index is 0.0538. The zero-order valence-electron chi connectivity index (χ0n) is 17.0. The van der Waals surface area contributed by atoms with E-state index in [9.17, 15) is 14.4 Å². The first-order valence-corrected chi connectivity index (χ1v) is 11.2. The van der Waals surface area contributed by atoms with Gasteiger partial charge in [-0.1, -0.05) is 38.5 Å². The maximum Gasteiger partial charge on any atom is 0.256 e. The number of hydrogen-bond donors (Lipinski definition) is 2. The Kier molecular flexibility index (Phi) is 5.85. The van der Waals surface area contributed by atoms with Crippen molar-refractivity contribution < 1.29 is 18.8 Å². The molecule has 0 aliphatic carbocycles. The molecule has 0 bridgehead atoms. The molecule has 1 fully saturated rings. The summed E-state index contributed by atoms with van der Waals surface area (Å²) in [6.45, 7) is 4.17. The summed E-state index contributed by atoms with van der Waals surface area (Å²) in [4.78, 5) is 40.5. The van der Waals surface area contributed by atoms with Crippen LogP contribution in [0.3, 0.4) is 0 Å². The van der Waals surface area contributed by atoms with Gasteiger partial charge in [-0.3, -0.25) is 14.4 Å². The summed E-state index contributed by atoms with van der Waals surface area (Å²) >= 11 is 1.59. The molecule has 0 spiro atoms. The highest BCUT2D eigenvalue weighted by Crippen LogP contribution is 2.48. The fraction of sp³-hybridized carbons (Fsp3) is 0.409. The van der Waals surface area contributed by atoms with Crippen LogP contribution < -0.4 is 10.6 Å². The number of benzene rings is 1. The standard InChI is InChI=1S/C22H25N3O4S/c1-3-13(2)18(20(27)23-11-14-7-6-10-29-14)24-19(26)17-12-30-22-16-9-5-4-8-15(16)21(28)25(17)22/h4-10,13,17-18,22H,3,11-12H2,1-2H3,(H,23,27)(H,24,26)/t13?,17-,18-,22?/m0/s1. The van der Waals surface area contributed by atoms with Crippen LogP contribution in [0.5, 0.6) is 0 Å². The van der Waals surface area contributed by atoms with E-state index in [1.54, 1.807) is 41.1 Å². The second-order valence-corrected chi connectivity index (χ2v) is 8.78. The Labute approximate surface area is 179 Å². The number of nitrogens with zero attached hydrogens (tertiary/aromatic N) is 1. The molecule has 2 aliphatic rings. The van der Waals surface area contributed by atoms with Crippen molar-refractivity contribution in [2.45, 2.75) is 44.3 Å². The first-order valence-electron chi connectivity index (χ1n) is 10.1. The minimum atomic E-state index is -0.679. The molecule has 0 radical (unpaired) electrons. The topological polar surface area (TPSA) is 91.7 Å². The molecule has 158 valence electrons. The van der Waals surface area contributed by atoms with E-state index in [1.807, 2.05) is 32.0 Å². The number of carbonyl (C=O) groups is 3. The second-order valence-electron chi connectivity index (χ2n) is 7.67. The average Bonchev–Trinajstić information content (AvgIpc) is 3.49. The van der Waals surface area contributed by atoms with E-state index >= 15 is 0 Å². The number of amides is 3. The first-order chi connectivity index (χ1) is 14.5. The largest absolute Gasteiger partial charge is 0.467 e. The molecule has 2 unspecified atom stereocenters. The predicted molar refractivity (Wildman–Crippen MR) is 114 cm³/mol. The molecule has 8 heteroatoms. The van der Waals surface area contributed by atoms with Crippen molar-refractivity contribution in [3.05, 3.63) is 59.5 Å². The summed E-state index contributed by atoms with van der Waals surface area (Å²) in [5.74, 6) is 0.438. The van der Waals surface area contributed by atoms with Gasteiger partial charge in [0.2, 0.25) is 11.8 Å². The lowest BCUT2D eigenvalue weighted by molar-refractivity contribution is -0.132. The highest BCUT2D eigenvalue weighted by atomic mass is 32.2. The maximum atomic E-state index is 13.1. The smallest absolute Gasteiger partial charge is 0.256 e. The molecule has 2 aliphatic heterocycles. The van der Waals surface area contributed by atoms with Gasteiger partial charge in [0.15, 0.2) is 0 Å². The van der Waals surface area contributed by atoms with Gasteiger partial charge < -0.3 is 20.0 Å². The quantitative estimate of drug-likeness (QED) is 0.709. The number of carbonyl (C=O) groups excluding carboxylic acids is 3. The van der Waals surface area contributed by atoms with E-state index in [0.717, 1.165) is 12.0 Å². The number of fused-ring (bicyclic) bond motifs is 3. The van der Waals surface area contributed by atoms with Crippen LogP contribution in [-0.4, -0.2) is 40.5 Å². The van der Waals surface area contributed by atoms with E-state index in [-0.39, 0.29) is 35.6 Å². The van der Waals surface area contributed by atoms with Gasteiger partial charge in [0, 0.05) is 11.3 Å². The van der Waals surface area contributed by atoms with Gasteiger partial charge in [-0.05, 0) is 29.7 Å². The van der Waals surface area contributed by atoms with E-state index in [0.29, 0.717) is 17.1 Å². The van der Waals surface area contributed by atoms with Crippen LogP contribution >= 0.6 is 11.8 Å². The molecule has 30 heavy (non-hydrogen) atoms. The Hall–Kier alpha value is -2.74. The molecule has 3 heterocycles. The van der Waals surface area contributed by atoms with Crippen molar-refractivity contribution in [3.8, 4) is 0 Å². The monoisotopic (exact) mass is 427 g/mol. The third-order valence-corrected chi connectivity index (χ3v) is 7.11. The van der Waals surface area contributed by atoms with Gasteiger partial charge in [-0.2, -0.15) is 0 Å². The number of rotatable bonds is 7. The SMILES string of the molecule is CCC(C)[C@H](NC(=O)[C@@H]1CSC2c3ccccc3C(=O)N21)C(=O)NCc1ccco1. The van der Waals surface area contributed by atoms with Crippen LogP contribution in [0, 0.1) is 5.92 Å². The van der Waals surface area contributed by atoms with E-state index in [2.05, 4.69) is 10.6 Å². The molecule has 3 amide bonds. The Morgan fingerprint density at radius 2 is 2.07 bits per heavy atom. The van der Waals surface area contributed by atoms with Crippen molar-refractivity contribution >= 4 is 29.5 Å². The van der Waals surface area contributed by atoms with Crippen LogP contribution in [0.15, 0.2) is 47.1 Å². The molecule has 4 atom stereocenters. The molecule has 1 aromatic carbocycles. The van der Waals surface area contributed by atoms with Crippen LogP contribution in [0.25, 0.3) is 0 Å². The lowest BCUT2D eigenvalue weighted by Crippen LogP contribution is -2.55. The second kappa shape index (κ2) is 8.55. The van der Waals surface area contributed by atoms with E-state index in [4.69, 9.17) is 4.42 Å². The fourth-order valence-electron chi connectivity index (χ4n) is 3.89. The van der Waals surface area contributed by atoms with Crippen LogP contribution in [0.1, 0.15) is 47.3 Å². The van der Waals surface area contributed by atoms with Crippen molar-refractivity contribution in [3.63, 3.8) is 0 Å². The summed E-state index contributed by atoms with van der Waals surface area (Å²) in [6, 6.07) is 9.75. The number of thioether (sulfide) groups is 1. The van der Waals surface area contributed by atoms with E-state index in [1.165, 1.54) is 0 Å². The molecular formula is C22H25N3O4S. The van der Waals surface area contributed by atoms with Gasteiger partial charge in [-0.15, -0.1) is 11.8 Å². The molecule has 7 nitrogen and oxygen atoms in total. The van der Waals surface area contributed by atoms with Crippen molar-refractivity contribution in [1.29, 1.82) is 0 Å². The third kappa shape index (κ3) is 3.71. The molecular weight excluding hydrogens is 402 g/mol. The van der Waals surface area contributed by atoms with Crippen LogP contribution in [0.4, 0.5) is 0 Å². The molecule has 1 saturated heterocycles. The van der Waals surface area contributed by atoms with Gasteiger partial charge >= 0.3 is 0 Å². The average molecular weight is 428 g/mol. The summed E-state index contributed by atoms with van der Waals surface area (Å²) in [5.41, 5.74) is 1.61. The van der Waals surface area contributed by atoms with Crippen molar-refractivity contribution in [2.75, 3.05) is 5.75 Å². The van der Waals surface area contributed by atoms with Gasteiger partial charge in [0.25, 0.3) is 5.91 Å². The van der Waals surface area contributed by atoms with Crippen LogP contribution in [-0.2, 0) is 16.1 Å². The van der Waals surface area contributed by atoms with E-state index < -0.39 is 12.1 Å². The normalized spacial score (nSPS) is 21.7. The zero-order chi connectivity index (χ0) is 21.3. The lowest BCUT2D eigenvalue weighted by atomic mass is 9.98. The third-order valence-electron chi connectivity index (χ3n) is 5.80. The number of hydrogen-bond acceptors (Lipinski definition) is 5. The summed E-state index contributed by atoms with van der Waals surface area (Å²) in [5, 5.41) is 5.60. The molecule has 2 N–H and O–H groups in total. The highest BCUT2D eigenvalue weighted by Gasteiger charge is 2.48. The summed E-state index contributed by atoms with van der Waals surface area (Å²) in [7, 11) is 0. The Bertz CT molecular complexity index is 946. The van der Waals surface area contributed by atoms with Gasteiger partial charge in [0.1, 0.15) is 23.2 Å².